The molecule has 6 nitrogen and oxygen atoms in total. The summed E-state index contributed by atoms with van der Waals surface area (Å²) in [4.78, 5) is 12.4. The smallest absolute Gasteiger partial charge is 0.267 e. The summed E-state index contributed by atoms with van der Waals surface area (Å²) in [6.07, 6.45) is 41.9. The Morgan fingerprint density at radius 3 is 1.74 bits per heavy atom. The monoisotopic (exact) mass is 619 g/mol. The Balaban J connectivity index is 4.05. The van der Waals surface area contributed by atoms with Crippen LogP contribution >= 0.6 is 0 Å². The standard InChI is InChI=1S/C36H61NO5S/c1-3-5-7-9-11-13-14-15-16-17-18-19-20-21-22-24-26-28-30-32-36(39)37-34(33-43(40,41)42)35(38)31-29-27-25-23-12-10-8-6-4-2/h4,6,11-13,15-16,18-19,23,29,31,34-35,38H,3,5,7-10,14,17,20-22,24-28,30,32-33H2,1-2H3,(H,37,39)(H,40,41,42)/b6-4+,13-11-,16-15-,19-18-,23-12+,31-29+. The van der Waals surface area contributed by atoms with Gasteiger partial charge in [-0.3, -0.25) is 9.35 Å². The zero-order valence-electron chi connectivity index (χ0n) is 27.0. The van der Waals surface area contributed by atoms with E-state index in [9.17, 15) is 22.9 Å². The number of nitrogens with one attached hydrogen (secondary N) is 1. The van der Waals surface area contributed by atoms with Gasteiger partial charge in [-0.2, -0.15) is 8.42 Å². The van der Waals surface area contributed by atoms with Gasteiger partial charge in [-0.25, -0.2) is 0 Å². The van der Waals surface area contributed by atoms with Crippen LogP contribution in [0.3, 0.4) is 0 Å². The zero-order valence-corrected chi connectivity index (χ0v) is 27.9. The van der Waals surface area contributed by atoms with E-state index in [2.05, 4.69) is 66.9 Å². The molecular weight excluding hydrogens is 558 g/mol. The van der Waals surface area contributed by atoms with Crippen LogP contribution in [0.15, 0.2) is 72.9 Å². The highest BCUT2D eigenvalue weighted by molar-refractivity contribution is 7.85. The SMILES string of the molecule is C/C=C/CC/C=C/CC/C=C/C(O)C(CS(=O)(=O)O)NC(=O)CCCCCCCC/C=C\C/C=C\C/C=C\CCCCC. The molecule has 0 aromatic heterocycles. The van der Waals surface area contributed by atoms with Crippen molar-refractivity contribution in [2.45, 2.75) is 142 Å². The maximum absolute atomic E-state index is 12.4. The third-order valence-electron chi connectivity index (χ3n) is 6.93. The van der Waals surface area contributed by atoms with Crippen LogP contribution < -0.4 is 5.32 Å². The highest BCUT2D eigenvalue weighted by Crippen LogP contribution is 2.10. The van der Waals surface area contributed by atoms with Crippen molar-refractivity contribution in [1.29, 1.82) is 0 Å². The van der Waals surface area contributed by atoms with Gasteiger partial charge in [0, 0.05) is 6.42 Å². The third-order valence-corrected chi connectivity index (χ3v) is 7.71. The molecule has 0 saturated carbocycles. The number of aliphatic hydroxyl groups is 1. The molecule has 0 rings (SSSR count). The molecule has 3 N–H and O–H groups in total. The van der Waals surface area contributed by atoms with Crippen molar-refractivity contribution in [1.82, 2.24) is 5.32 Å². The largest absolute Gasteiger partial charge is 0.387 e. The molecule has 0 heterocycles. The average molecular weight is 620 g/mol. The van der Waals surface area contributed by atoms with Crippen LogP contribution in [-0.2, 0) is 14.9 Å². The van der Waals surface area contributed by atoms with Crippen molar-refractivity contribution < 1.29 is 22.9 Å². The first kappa shape index (κ1) is 40.8. The van der Waals surface area contributed by atoms with Gasteiger partial charge >= 0.3 is 0 Å². The van der Waals surface area contributed by atoms with Crippen molar-refractivity contribution in [3.05, 3.63) is 72.9 Å². The molecule has 246 valence electrons. The Morgan fingerprint density at radius 1 is 0.674 bits per heavy atom. The molecule has 0 fully saturated rings. The minimum absolute atomic E-state index is 0.265. The molecular formula is C36H61NO5S. The fourth-order valence-corrected chi connectivity index (χ4v) is 5.17. The second-order valence-corrected chi connectivity index (χ2v) is 12.6. The molecule has 0 aliphatic carbocycles. The first-order chi connectivity index (χ1) is 20.8. The molecule has 0 saturated heterocycles. The molecule has 43 heavy (non-hydrogen) atoms. The molecule has 0 aliphatic heterocycles. The van der Waals surface area contributed by atoms with E-state index in [0.717, 1.165) is 70.6 Å². The van der Waals surface area contributed by atoms with Gasteiger partial charge in [0.05, 0.1) is 17.9 Å². The zero-order chi connectivity index (χ0) is 31.9. The summed E-state index contributed by atoms with van der Waals surface area (Å²) < 4.78 is 32.2. The number of carbonyl (C=O) groups is 1. The number of amides is 1. The minimum Gasteiger partial charge on any atom is -0.387 e. The molecule has 0 aliphatic rings. The lowest BCUT2D eigenvalue weighted by atomic mass is 10.1. The van der Waals surface area contributed by atoms with Crippen molar-refractivity contribution in [3.8, 4) is 0 Å². The Morgan fingerprint density at radius 2 is 1.16 bits per heavy atom. The number of carbonyl (C=O) groups excluding carboxylic acids is 1. The van der Waals surface area contributed by atoms with E-state index in [1.54, 1.807) is 6.08 Å². The number of rotatable bonds is 28. The maximum Gasteiger partial charge on any atom is 0.267 e. The minimum atomic E-state index is -4.35. The topological polar surface area (TPSA) is 104 Å². The van der Waals surface area contributed by atoms with E-state index >= 15 is 0 Å². The number of aliphatic hydroxyl groups excluding tert-OH is 1. The van der Waals surface area contributed by atoms with E-state index in [1.165, 1.54) is 31.8 Å². The summed E-state index contributed by atoms with van der Waals surface area (Å²) in [5.41, 5.74) is 0. The molecule has 7 heteroatoms. The number of unbranched alkanes of at least 4 members (excludes halogenated alkanes) is 11. The quantitative estimate of drug-likeness (QED) is 0.0460. The van der Waals surface area contributed by atoms with Crippen LogP contribution in [0.2, 0.25) is 0 Å². The molecule has 0 aromatic carbocycles. The summed E-state index contributed by atoms with van der Waals surface area (Å²) in [6.45, 7) is 4.23. The third kappa shape index (κ3) is 31.0. The van der Waals surface area contributed by atoms with Crippen LogP contribution in [-0.4, -0.2) is 41.9 Å². The molecule has 0 spiro atoms. The summed E-state index contributed by atoms with van der Waals surface area (Å²) in [6, 6.07) is -1.09. The van der Waals surface area contributed by atoms with Crippen molar-refractivity contribution in [2.75, 3.05) is 5.75 Å². The van der Waals surface area contributed by atoms with Crippen LogP contribution in [0.4, 0.5) is 0 Å². The summed E-state index contributed by atoms with van der Waals surface area (Å²) in [7, 11) is -4.35. The first-order valence-corrected chi connectivity index (χ1v) is 18.2. The molecule has 0 bridgehead atoms. The summed E-state index contributed by atoms with van der Waals surface area (Å²) in [5.74, 6) is -1.04. The lowest BCUT2D eigenvalue weighted by Crippen LogP contribution is -2.46. The summed E-state index contributed by atoms with van der Waals surface area (Å²) in [5, 5.41) is 13.0. The van der Waals surface area contributed by atoms with Crippen LogP contribution in [0, 0.1) is 0 Å². The number of hydrogen-bond donors (Lipinski definition) is 3. The van der Waals surface area contributed by atoms with Crippen molar-refractivity contribution in [3.63, 3.8) is 0 Å². The Hall–Kier alpha value is -2.22. The predicted octanol–water partition coefficient (Wildman–Crippen LogP) is 9.12. The van der Waals surface area contributed by atoms with Gasteiger partial charge < -0.3 is 10.4 Å². The van der Waals surface area contributed by atoms with Gasteiger partial charge in [-0.15, -0.1) is 0 Å². The highest BCUT2D eigenvalue weighted by atomic mass is 32.2. The maximum atomic E-state index is 12.4. The van der Waals surface area contributed by atoms with Gasteiger partial charge in [0.1, 0.15) is 0 Å². The average Bonchev–Trinajstić information content (AvgIpc) is 2.96. The van der Waals surface area contributed by atoms with Crippen LogP contribution in [0.1, 0.15) is 129 Å². The van der Waals surface area contributed by atoms with E-state index in [0.29, 0.717) is 12.8 Å². The molecule has 0 radical (unpaired) electrons. The fourth-order valence-electron chi connectivity index (χ4n) is 4.43. The Kier molecular flexibility index (Phi) is 28.3. The normalized spacial score (nSPS) is 14.4. The van der Waals surface area contributed by atoms with E-state index in [4.69, 9.17) is 0 Å². The highest BCUT2D eigenvalue weighted by Gasteiger charge is 2.24. The lowest BCUT2D eigenvalue weighted by molar-refractivity contribution is -0.122. The van der Waals surface area contributed by atoms with Crippen molar-refractivity contribution >= 4 is 16.0 Å². The molecule has 2 unspecified atom stereocenters. The van der Waals surface area contributed by atoms with Gasteiger partial charge in [0.15, 0.2) is 0 Å². The number of hydrogen-bond acceptors (Lipinski definition) is 4. The van der Waals surface area contributed by atoms with E-state index in [-0.39, 0.29) is 12.3 Å². The predicted molar refractivity (Wildman–Crippen MR) is 184 cm³/mol. The van der Waals surface area contributed by atoms with Gasteiger partial charge in [-0.1, -0.05) is 118 Å². The molecule has 2 atom stereocenters. The molecule has 1 amide bonds. The second kappa shape index (κ2) is 29.8. The fraction of sp³-hybridized carbons (Fsp3) is 0.639. The Bertz CT molecular complexity index is 947. The van der Waals surface area contributed by atoms with E-state index < -0.39 is 28.0 Å². The van der Waals surface area contributed by atoms with Crippen molar-refractivity contribution in [2.24, 2.45) is 0 Å². The van der Waals surface area contributed by atoms with E-state index in [1.807, 2.05) is 13.0 Å². The second-order valence-electron chi connectivity index (χ2n) is 11.1. The van der Waals surface area contributed by atoms with Crippen LogP contribution in [0.5, 0.6) is 0 Å². The van der Waals surface area contributed by atoms with Gasteiger partial charge in [0.2, 0.25) is 5.91 Å². The lowest BCUT2D eigenvalue weighted by Gasteiger charge is -2.21. The number of allylic oxidation sites excluding steroid dienone is 11. The first-order valence-electron chi connectivity index (χ1n) is 16.6. The summed E-state index contributed by atoms with van der Waals surface area (Å²) >= 11 is 0. The molecule has 0 aromatic rings. The van der Waals surface area contributed by atoms with Gasteiger partial charge in [0.25, 0.3) is 10.1 Å². The van der Waals surface area contributed by atoms with Gasteiger partial charge in [-0.05, 0) is 77.6 Å². The van der Waals surface area contributed by atoms with Crippen LogP contribution in [0.25, 0.3) is 0 Å². The Labute approximate surface area is 264 Å².